The molecular weight excluding hydrogens is 488 g/mol. The highest BCUT2D eigenvalue weighted by Gasteiger charge is 2.13. The van der Waals surface area contributed by atoms with Gasteiger partial charge in [0.15, 0.2) is 0 Å². The van der Waals surface area contributed by atoms with Crippen molar-refractivity contribution in [3.63, 3.8) is 0 Å². The standard InChI is InChI=1S/C32H42N4O3/c1-4-25-19-26(21-31(20-25)39-18-6-13-36-16-14-35(3)15-17-36)23-34-32(37)22-29-10-7-28(24-33-29)27-8-11-30(12-9-27)38-5-2/h7-12,19-21,24H,4-6,13-18,22-23H2,1-3H3,(H,34,37). The topological polar surface area (TPSA) is 66.9 Å². The van der Waals surface area contributed by atoms with Crippen LogP contribution in [0.4, 0.5) is 0 Å². The molecule has 2 aromatic carbocycles. The summed E-state index contributed by atoms with van der Waals surface area (Å²) >= 11 is 0. The van der Waals surface area contributed by atoms with Crippen molar-refractivity contribution in [2.45, 2.75) is 39.7 Å². The molecule has 1 saturated heterocycles. The van der Waals surface area contributed by atoms with Gasteiger partial charge in [0.05, 0.1) is 19.6 Å². The number of piperazine rings is 1. The molecular formula is C32H42N4O3. The van der Waals surface area contributed by atoms with E-state index in [0.29, 0.717) is 19.8 Å². The third-order valence-corrected chi connectivity index (χ3v) is 7.07. The Morgan fingerprint density at radius 2 is 1.64 bits per heavy atom. The number of amides is 1. The highest BCUT2D eigenvalue weighted by atomic mass is 16.5. The van der Waals surface area contributed by atoms with Crippen LogP contribution in [0.1, 0.15) is 37.1 Å². The van der Waals surface area contributed by atoms with Crippen molar-refractivity contribution in [2.24, 2.45) is 0 Å². The van der Waals surface area contributed by atoms with E-state index in [-0.39, 0.29) is 12.3 Å². The lowest BCUT2D eigenvalue weighted by atomic mass is 10.1. The van der Waals surface area contributed by atoms with Crippen molar-refractivity contribution in [3.8, 4) is 22.6 Å². The largest absolute Gasteiger partial charge is 0.494 e. The number of likely N-dealkylation sites (N-methyl/N-ethyl adjacent to an activating group) is 1. The fourth-order valence-corrected chi connectivity index (χ4v) is 4.71. The molecule has 39 heavy (non-hydrogen) atoms. The number of benzene rings is 2. The fourth-order valence-electron chi connectivity index (χ4n) is 4.71. The third kappa shape index (κ3) is 9.08. The van der Waals surface area contributed by atoms with Crippen molar-refractivity contribution in [2.75, 3.05) is 53.0 Å². The van der Waals surface area contributed by atoms with E-state index in [9.17, 15) is 4.79 Å². The summed E-state index contributed by atoms with van der Waals surface area (Å²) in [5.74, 6) is 1.68. The summed E-state index contributed by atoms with van der Waals surface area (Å²) in [6, 6.07) is 18.2. The van der Waals surface area contributed by atoms with Crippen LogP contribution in [0, 0.1) is 0 Å². The van der Waals surface area contributed by atoms with E-state index in [0.717, 1.165) is 79.4 Å². The number of carbonyl (C=O) groups excluding carboxylic acids is 1. The van der Waals surface area contributed by atoms with Gasteiger partial charge in [0.1, 0.15) is 11.5 Å². The molecule has 0 radical (unpaired) electrons. The highest BCUT2D eigenvalue weighted by molar-refractivity contribution is 5.78. The Morgan fingerprint density at radius 1 is 0.897 bits per heavy atom. The molecule has 1 aromatic heterocycles. The Balaban J connectivity index is 1.24. The number of aryl methyl sites for hydroxylation is 1. The Hall–Kier alpha value is -3.42. The summed E-state index contributed by atoms with van der Waals surface area (Å²) in [6.45, 7) is 11.5. The summed E-state index contributed by atoms with van der Waals surface area (Å²) in [4.78, 5) is 22.1. The number of rotatable bonds is 13. The second-order valence-corrected chi connectivity index (χ2v) is 10.1. The number of hydrogen-bond acceptors (Lipinski definition) is 6. The van der Waals surface area contributed by atoms with Gasteiger partial charge in [-0.1, -0.05) is 31.2 Å². The van der Waals surface area contributed by atoms with Crippen LogP contribution in [0.15, 0.2) is 60.8 Å². The predicted molar refractivity (Wildman–Crippen MR) is 156 cm³/mol. The van der Waals surface area contributed by atoms with Gasteiger partial charge in [-0.25, -0.2) is 0 Å². The van der Waals surface area contributed by atoms with Crippen molar-refractivity contribution in [1.29, 1.82) is 0 Å². The lowest BCUT2D eigenvalue weighted by Gasteiger charge is -2.32. The molecule has 3 aromatic rings. The maximum Gasteiger partial charge on any atom is 0.226 e. The Kier molecular flexibility index (Phi) is 10.7. The first-order valence-corrected chi connectivity index (χ1v) is 14.1. The predicted octanol–water partition coefficient (Wildman–Crippen LogP) is 4.58. The van der Waals surface area contributed by atoms with Gasteiger partial charge in [-0.15, -0.1) is 0 Å². The second kappa shape index (κ2) is 14.7. The molecule has 0 bridgehead atoms. The number of ether oxygens (including phenoxy) is 2. The molecule has 208 valence electrons. The lowest BCUT2D eigenvalue weighted by molar-refractivity contribution is -0.120. The first-order valence-electron chi connectivity index (χ1n) is 14.1. The summed E-state index contributed by atoms with van der Waals surface area (Å²) in [5.41, 5.74) is 5.08. The molecule has 4 rings (SSSR count). The quantitative estimate of drug-likeness (QED) is 0.326. The first-order chi connectivity index (χ1) is 19.0. The average molecular weight is 531 g/mol. The maximum absolute atomic E-state index is 12.7. The van der Waals surface area contributed by atoms with Crippen molar-refractivity contribution in [1.82, 2.24) is 20.1 Å². The average Bonchev–Trinajstić information content (AvgIpc) is 2.96. The van der Waals surface area contributed by atoms with Gasteiger partial charge in [-0.3, -0.25) is 9.78 Å². The summed E-state index contributed by atoms with van der Waals surface area (Å²) in [5, 5.41) is 3.05. The van der Waals surface area contributed by atoms with Gasteiger partial charge in [0.25, 0.3) is 0 Å². The minimum Gasteiger partial charge on any atom is -0.494 e. The molecule has 1 amide bonds. The zero-order chi connectivity index (χ0) is 27.5. The van der Waals surface area contributed by atoms with E-state index >= 15 is 0 Å². The van der Waals surface area contributed by atoms with E-state index in [2.05, 4.69) is 46.2 Å². The maximum atomic E-state index is 12.7. The molecule has 0 unspecified atom stereocenters. The number of pyridine rings is 1. The van der Waals surface area contributed by atoms with E-state index in [4.69, 9.17) is 9.47 Å². The Bertz CT molecular complexity index is 1170. The fraction of sp³-hybridized carbons (Fsp3) is 0.438. The number of aromatic nitrogens is 1. The third-order valence-electron chi connectivity index (χ3n) is 7.07. The van der Waals surface area contributed by atoms with Crippen LogP contribution in [0.5, 0.6) is 11.5 Å². The van der Waals surface area contributed by atoms with Gasteiger partial charge in [0.2, 0.25) is 5.91 Å². The normalized spacial score (nSPS) is 14.2. The molecule has 1 aliphatic heterocycles. The van der Waals surface area contributed by atoms with E-state index in [1.807, 2.05) is 55.6 Å². The molecule has 2 heterocycles. The van der Waals surface area contributed by atoms with Crippen molar-refractivity contribution >= 4 is 5.91 Å². The molecule has 1 fully saturated rings. The summed E-state index contributed by atoms with van der Waals surface area (Å²) in [7, 11) is 2.18. The summed E-state index contributed by atoms with van der Waals surface area (Å²) in [6.07, 6.45) is 3.99. The zero-order valence-corrected chi connectivity index (χ0v) is 23.6. The molecule has 0 aliphatic carbocycles. The minimum absolute atomic E-state index is 0.0483. The number of nitrogens with zero attached hydrogens (tertiary/aromatic N) is 3. The Morgan fingerprint density at radius 3 is 2.33 bits per heavy atom. The van der Waals surface area contributed by atoms with E-state index in [1.165, 1.54) is 5.56 Å². The van der Waals surface area contributed by atoms with E-state index in [1.54, 1.807) is 0 Å². The molecule has 0 spiro atoms. The number of nitrogens with one attached hydrogen (secondary N) is 1. The van der Waals surface area contributed by atoms with Crippen LogP contribution in [0.3, 0.4) is 0 Å². The van der Waals surface area contributed by atoms with Crippen molar-refractivity contribution < 1.29 is 14.3 Å². The molecule has 0 atom stereocenters. The Labute approximate surface area is 233 Å². The van der Waals surface area contributed by atoms with Gasteiger partial charge >= 0.3 is 0 Å². The van der Waals surface area contributed by atoms with Crippen LogP contribution in [-0.2, 0) is 24.2 Å². The van der Waals surface area contributed by atoms with E-state index < -0.39 is 0 Å². The molecule has 7 heteroatoms. The highest BCUT2D eigenvalue weighted by Crippen LogP contribution is 2.22. The van der Waals surface area contributed by atoms with Gasteiger partial charge in [0, 0.05) is 56.7 Å². The monoisotopic (exact) mass is 530 g/mol. The number of carbonyl (C=O) groups is 1. The lowest BCUT2D eigenvalue weighted by Crippen LogP contribution is -2.44. The molecule has 7 nitrogen and oxygen atoms in total. The van der Waals surface area contributed by atoms with Crippen LogP contribution >= 0.6 is 0 Å². The van der Waals surface area contributed by atoms with Gasteiger partial charge in [-0.2, -0.15) is 0 Å². The SMILES string of the molecule is CCOc1ccc(-c2ccc(CC(=O)NCc3cc(CC)cc(OCCCN4CCN(C)CC4)c3)nc2)cc1. The van der Waals surface area contributed by atoms with Gasteiger partial charge in [-0.05, 0) is 73.8 Å². The van der Waals surface area contributed by atoms with Crippen LogP contribution in [0.25, 0.3) is 11.1 Å². The molecule has 1 N–H and O–H groups in total. The number of hydrogen-bond donors (Lipinski definition) is 1. The first kappa shape index (κ1) is 28.6. The van der Waals surface area contributed by atoms with Gasteiger partial charge < -0.3 is 24.6 Å². The zero-order valence-electron chi connectivity index (χ0n) is 23.6. The summed E-state index contributed by atoms with van der Waals surface area (Å²) < 4.78 is 11.6. The second-order valence-electron chi connectivity index (χ2n) is 10.1. The minimum atomic E-state index is -0.0483. The molecule has 1 aliphatic rings. The van der Waals surface area contributed by atoms with Crippen LogP contribution in [-0.4, -0.2) is 73.7 Å². The van der Waals surface area contributed by atoms with Crippen molar-refractivity contribution in [3.05, 3.63) is 77.6 Å². The van der Waals surface area contributed by atoms with Crippen LogP contribution < -0.4 is 14.8 Å². The smallest absolute Gasteiger partial charge is 0.226 e. The molecule has 0 saturated carbocycles. The van der Waals surface area contributed by atoms with Crippen LogP contribution in [0.2, 0.25) is 0 Å².